The average molecular weight is 517 g/mol. The second-order valence-corrected chi connectivity index (χ2v) is 10.5. The van der Waals surface area contributed by atoms with E-state index in [2.05, 4.69) is 79.0 Å². The minimum atomic E-state index is -0.213. The molecule has 0 aliphatic rings. The molecule has 0 aliphatic carbocycles. The van der Waals surface area contributed by atoms with Gasteiger partial charge in [-0.2, -0.15) is 0 Å². The Morgan fingerprint density at radius 1 is 1.03 bits per heavy atom. The van der Waals surface area contributed by atoms with Crippen LogP contribution in [0.1, 0.15) is 5.56 Å². The Morgan fingerprint density at radius 3 is 2.60 bits per heavy atom. The number of thioether (sulfide) groups is 1. The zero-order chi connectivity index (χ0) is 24.0. The molecule has 3 heterocycles. The summed E-state index contributed by atoms with van der Waals surface area (Å²) >= 11 is 4.21. The number of nitrogens with one attached hydrogen (secondary N) is 1. The normalized spacial score (nSPS) is 11.5. The highest BCUT2D eigenvalue weighted by atomic mass is 32.2. The van der Waals surface area contributed by atoms with Crippen LogP contribution in [0.25, 0.3) is 27.6 Å². The number of thiazole rings is 1. The Hall–Kier alpha value is -3.60. The molecule has 0 radical (unpaired) electrons. The van der Waals surface area contributed by atoms with Crippen molar-refractivity contribution >= 4 is 40.3 Å². The highest BCUT2D eigenvalue weighted by Gasteiger charge is 2.12. The summed E-state index contributed by atoms with van der Waals surface area (Å²) in [5, 5.41) is 15.5. The fourth-order valence-electron chi connectivity index (χ4n) is 3.27. The lowest BCUT2D eigenvalue weighted by Gasteiger charge is -2.09. The lowest BCUT2D eigenvalue weighted by Crippen LogP contribution is -2.25. The first kappa shape index (κ1) is 23.2. The highest BCUT2D eigenvalue weighted by molar-refractivity contribution is 8.01. The van der Waals surface area contributed by atoms with Crippen LogP contribution in [-0.4, -0.2) is 31.4 Å². The molecule has 1 amide bonds. The number of hydrogen-bond donors (Lipinski definition) is 1. The van der Waals surface area contributed by atoms with Crippen LogP contribution in [0.2, 0.25) is 0 Å². The first-order valence-corrected chi connectivity index (χ1v) is 13.4. The van der Waals surface area contributed by atoms with Gasteiger partial charge in [-0.3, -0.25) is 14.3 Å². The molecular formula is C25H20N6OS3. The van der Waals surface area contributed by atoms with Gasteiger partial charge in [0.05, 0.1) is 11.4 Å². The van der Waals surface area contributed by atoms with E-state index < -0.39 is 0 Å². The van der Waals surface area contributed by atoms with E-state index in [9.17, 15) is 4.79 Å². The average Bonchev–Trinajstić information content (AvgIpc) is 3.55. The molecule has 10 heteroatoms. The van der Waals surface area contributed by atoms with Gasteiger partial charge in [0.1, 0.15) is 5.69 Å². The Bertz CT molecular complexity index is 1490. The van der Waals surface area contributed by atoms with E-state index in [1.165, 1.54) is 40.0 Å². The summed E-state index contributed by atoms with van der Waals surface area (Å²) in [5.74, 6) is -0.0309. The van der Waals surface area contributed by atoms with Crippen LogP contribution in [0.3, 0.4) is 0 Å². The Kier molecular flexibility index (Phi) is 7.12. The van der Waals surface area contributed by atoms with Crippen LogP contribution in [0, 0.1) is 6.92 Å². The Balaban J connectivity index is 1.33. The maximum Gasteiger partial charge on any atom is 0.250 e. The first-order chi connectivity index (χ1) is 17.2. The number of rotatable bonds is 7. The molecule has 1 N–H and O–H groups in total. The van der Waals surface area contributed by atoms with Crippen molar-refractivity contribution in [3.63, 3.8) is 0 Å². The zero-order valence-corrected chi connectivity index (χ0v) is 21.1. The number of hydrogen-bond acceptors (Lipinski definition) is 8. The summed E-state index contributed by atoms with van der Waals surface area (Å²) in [6.45, 7) is 2.06. The van der Waals surface area contributed by atoms with Crippen LogP contribution < -0.4 is 10.2 Å². The number of nitrogens with zero attached hydrogens (tertiary/aromatic N) is 5. The van der Waals surface area contributed by atoms with Crippen molar-refractivity contribution in [2.75, 3.05) is 5.75 Å². The molecule has 5 aromatic rings. The van der Waals surface area contributed by atoms with Gasteiger partial charge in [-0.1, -0.05) is 77.2 Å². The van der Waals surface area contributed by atoms with E-state index >= 15 is 0 Å². The number of amides is 1. The van der Waals surface area contributed by atoms with Crippen molar-refractivity contribution in [1.82, 2.24) is 25.2 Å². The summed E-state index contributed by atoms with van der Waals surface area (Å²) in [6, 6.07) is 24.0. The van der Waals surface area contributed by atoms with E-state index in [1.807, 2.05) is 36.4 Å². The number of benzene rings is 2. The molecule has 174 valence electrons. The fourth-order valence-corrected chi connectivity index (χ4v) is 5.76. The van der Waals surface area contributed by atoms with Gasteiger partial charge in [-0.05, 0) is 36.8 Å². The number of aromatic nitrogens is 4. The van der Waals surface area contributed by atoms with Crippen LogP contribution in [0.5, 0.6) is 0 Å². The largest absolute Gasteiger partial charge is 0.284 e. The van der Waals surface area contributed by atoms with Crippen molar-refractivity contribution in [2.24, 2.45) is 5.10 Å². The molecule has 0 unspecified atom stereocenters. The number of carbonyl (C=O) groups excluding carboxylic acids is 1. The van der Waals surface area contributed by atoms with Crippen LogP contribution in [0.4, 0.5) is 0 Å². The molecular weight excluding hydrogens is 497 g/mol. The second-order valence-electron chi connectivity index (χ2n) is 7.46. The number of aryl methyl sites for hydroxylation is 1. The van der Waals surface area contributed by atoms with E-state index in [-0.39, 0.29) is 11.7 Å². The fraction of sp³-hybridized carbons (Fsp3) is 0.0800. The lowest BCUT2D eigenvalue weighted by atomic mass is 10.1. The van der Waals surface area contributed by atoms with Gasteiger partial charge < -0.3 is 0 Å². The maximum atomic E-state index is 12.5. The van der Waals surface area contributed by atoms with Gasteiger partial charge in [-0.25, -0.2) is 5.43 Å². The van der Waals surface area contributed by atoms with Crippen LogP contribution in [0.15, 0.2) is 93.8 Å². The molecule has 0 spiro atoms. The minimum Gasteiger partial charge on any atom is -0.284 e. The molecule has 0 bridgehead atoms. The Labute approximate surface area is 214 Å². The van der Waals surface area contributed by atoms with Gasteiger partial charge in [0.25, 0.3) is 5.91 Å². The predicted octanol–water partition coefficient (Wildman–Crippen LogP) is 5.15. The first-order valence-electron chi connectivity index (χ1n) is 10.7. The standard InChI is InChI=1S/C25H20N6OS3/c1-17-10-12-19(13-11-17)31-21(18-7-3-2-4-8-18)15-33-24(31)29-27-22(32)16-34-25-30-28-23(35-25)20-9-5-6-14-26-20/h2-15H,16H2,1H3,(H,27,32). The molecule has 0 saturated heterocycles. The molecule has 35 heavy (non-hydrogen) atoms. The van der Waals surface area contributed by atoms with Gasteiger partial charge in [0, 0.05) is 17.3 Å². The third kappa shape index (κ3) is 5.56. The molecule has 5 rings (SSSR count). The molecule has 0 fully saturated rings. The summed E-state index contributed by atoms with van der Waals surface area (Å²) in [4.78, 5) is 17.5. The molecule has 7 nitrogen and oxygen atoms in total. The zero-order valence-electron chi connectivity index (χ0n) is 18.7. The summed E-state index contributed by atoms with van der Waals surface area (Å²) < 4.78 is 2.76. The van der Waals surface area contributed by atoms with Gasteiger partial charge in [-0.15, -0.1) is 26.6 Å². The Morgan fingerprint density at radius 2 is 1.83 bits per heavy atom. The van der Waals surface area contributed by atoms with Crippen molar-refractivity contribution in [1.29, 1.82) is 0 Å². The van der Waals surface area contributed by atoms with Crippen molar-refractivity contribution in [2.45, 2.75) is 11.3 Å². The van der Waals surface area contributed by atoms with Gasteiger partial charge in [0.15, 0.2) is 9.35 Å². The van der Waals surface area contributed by atoms with Crippen molar-refractivity contribution in [3.8, 4) is 27.6 Å². The van der Waals surface area contributed by atoms with Crippen LogP contribution in [-0.2, 0) is 4.79 Å². The SMILES string of the molecule is Cc1ccc(-n2c(-c3ccccc3)csc2=NNC(=O)CSc2nnc(-c3ccccn3)s2)cc1. The topological polar surface area (TPSA) is 85.1 Å². The van der Waals surface area contributed by atoms with Crippen LogP contribution >= 0.6 is 34.4 Å². The maximum absolute atomic E-state index is 12.5. The van der Waals surface area contributed by atoms with E-state index in [4.69, 9.17) is 0 Å². The summed E-state index contributed by atoms with van der Waals surface area (Å²) in [6.07, 6.45) is 1.72. The lowest BCUT2D eigenvalue weighted by molar-refractivity contribution is -0.118. The van der Waals surface area contributed by atoms with E-state index in [1.54, 1.807) is 6.20 Å². The van der Waals surface area contributed by atoms with Gasteiger partial charge in [0.2, 0.25) is 4.80 Å². The third-order valence-corrected chi connectivity index (χ3v) is 7.87. The minimum absolute atomic E-state index is 0.182. The second kappa shape index (κ2) is 10.8. The monoisotopic (exact) mass is 516 g/mol. The summed E-state index contributed by atoms with van der Waals surface area (Å²) in [5.41, 5.74) is 7.71. The highest BCUT2D eigenvalue weighted by Crippen LogP contribution is 2.28. The summed E-state index contributed by atoms with van der Waals surface area (Å²) in [7, 11) is 0. The van der Waals surface area contributed by atoms with E-state index in [0.29, 0.717) is 9.14 Å². The van der Waals surface area contributed by atoms with E-state index in [0.717, 1.165) is 27.6 Å². The van der Waals surface area contributed by atoms with Gasteiger partial charge >= 0.3 is 0 Å². The van der Waals surface area contributed by atoms with Crippen molar-refractivity contribution < 1.29 is 4.79 Å². The molecule has 0 saturated carbocycles. The predicted molar refractivity (Wildman–Crippen MR) is 141 cm³/mol. The number of pyridine rings is 1. The number of carbonyl (C=O) groups is 1. The molecule has 0 aliphatic heterocycles. The quantitative estimate of drug-likeness (QED) is 0.239. The molecule has 3 aromatic heterocycles. The molecule has 2 aromatic carbocycles. The smallest absolute Gasteiger partial charge is 0.250 e. The third-order valence-electron chi connectivity index (χ3n) is 4.96. The van der Waals surface area contributed by atoms with Crippen molar-refractivity contribution in [3.05, 3.63) is 94.7 Å². The molecule has 0 atom stereocenters.